The van der Waals surface area contributed by atoms with Crippen molar-refractivity contribution in [2.45, 2.75) is 5.54 Å². The van der Waals surface area contributed by atoms with Crippen LogP contribution < -0.4 is 5.48 Å². The molecule has 0 saturated heterocycles. The summed E-state index contributed by atoms with van der Waals surface area (Å²) in [5.41, 5.74) is 4.07. The number of hydrogen-bond acceptors (Lipinski definition) is 5. The molecule has 146 valence electrons. The molecule has 0 fully saturated rings. The Morgan fingerprint density at radius 2 is 1.90 bits per heavy atom. The van der Waals surface area contributed by atoms with Crippen LogP contribution in [-0.4, -0.2) is 19.1 Å². The van der Waals surface area contributed by atoms with Gasteiger partial charge >= 0.3 is 12.5 Å². The molecule has 7 heteroatoms. The minimum absolute atomic E-state index is 0.0644. The third-order valence-electron chi connectivity index (χ3n) is 4.74. The van der Waals surface area contributed by atoms with Gasteiger partial charge in [-0.25, -0.2) is 9.38 Å². The molecule has 3 aromatic carbocycles. The summed E-state index contributed by atoms with van der Waals surface area (Å²) in [7, 11) is 0. The van der Waals surface area contributed by atoms with Crippen LogP contribution in [0.15, 0.2) is 77.8 Å². The summed E-state index contributed by atoms with van der Waals surface area (Å²) < 4.78 is 20.3. The Bertz CT molecular complexity index is 1070. The summed E-state index contributed by atoms with van der Waals surface area (Å²) >= 11 is 6.09. The number of nitrogens with one attached hydrogen (secondary N) is 1. The van der Waals surface area contributed by atoms with Crippen LogP contribution >= 0.6 is 11.6 Å². The van der Waals surface area contributed by atoms with Crippen LogP contribution in [0.25, 0.3) is 11.1 Å². The lowest BCUT2D eigenvalue weighted by Gasteiger charge is -2.26. The van der Waals surface area contributed by atoms with E-state index in [9.17, 15) is 9.18 Å². The van der Waals surface area contributed by atoms with Gasteiger partial charge in [0.05, 0.1) is 0 Å². The molecule has 3 aromatic rings. The van der Waals surface area contributed by atoms with Crippen molar-refractivity contribution in [1.29, 1.82) is 0 Å². The SMILES string of the molecule is O=CONC1=NC(c2ccccc2)(c2ccc(F)c(-c3cccc(Cl)c3)c2)CO1. The third kappa shape index (κ3) is 3.67. The van der Waals surface area contributed by atoms with Crippen molar-refractivity contribution in [3.8, 4) is 11.1 Å². The van der Waals surface area contributed by atoms with E-state index in [1.54, 1.807) is 36.4 Å². The van der Waals surface area contributed by atoms with Crippen LogP contribution in [0.3, 0.4) is 0 Å². The average Bonchev–Trinajstić information content (AvgIpc) is 3.18. The number of carbonyl (C=O) groups is 1. The molecule has 0 bridgehead atoms. The zero-order chi connectivity index (χ0) is 20.3. The van der Waals surface area contributed by atoms with Crippen LogP contribution in [0.1, 0.15) is 11.1 Å². The van der Waals surface area contributed by atoms with Crippen LogP contribution in [0.2, 0.25) is 5.02 Å². The van der Waals surface area contributed by atoms with Crippen molar-refractivity contribution in [3.05, 3.63) is 94.8 Å². The van der Waals surface area contributed by atoms with Crippen LogP contribution in [-0.2, 0) is 19.9 Å². The normalized spacial score (nSPS) is 17.9. The first-order valence-corrected chi connectivity index (χ1v) is 9.20. The van der Waals surface area contributed by atoms with Crippen molar-refractivity contribution in [3.63, 3.8) is 0 Å². The highest BCUT2D eigenvalue weighted by molar-refractivity contribution is 6.30. The van der Waals surface area contributed by atoms with E-state index in [-0.39, 0.29) is 24.9 Å². The fourth-order valence-electron chi connectivity index (χ4n) is 3.37. The number of nitrogens with zero attached hydrogens (tertiary/aromatic N) is 1. The topological polar surface area (TPSA) is 59.9 Å². The molecule has 0 amide bonds. The fourth-order valence-corrected chi connectivity index (χ4v) is 3.56. The Hall–Kier alpha value is -3.38. The Morgan fingerprint density at radius 3 is 2.66 bits per heavy atom. The van der Waals surface area contributed by atoms with Gasteiger partial charge in [0.15, 0.2) is 5.54 Å². The van der Waals surface area contributed by atoms with Gasteiger partial charge in [-0.05, 0) is 41.0 Å². The van der Waals surface area contributed by atoms with Gasteiger partial charge in [0.2, 0.25) is 0 Å². The van der Waals surface area contributed by atoms with Crippen LogP contribution in [0.5, 0.6) is 0 Å². The number of hydrogen-bond donors (Lipinski definition) is 1. The number of hydroxylamine groups is 1. The number of rotatable bonds is 5. The van der Waals surface area contributed by atoms with Gasteiger partial charge in [-0.2, -0.15) is 5.48 Å². The van der Waals surface area contributed by atoms with Gasteiger partial charge in [0.1, 0.15) is 12.4 Å². The molecule has 0 aromatic heterocycles. The lowest BCUT2D eigenvalue weighted by Crippen LogP contribution is -2.27. The predicted octanol–water partition coefficient (Wildman–Crippen LogP) is 4.45. The van der Waals surface area contributed by atoms with Gasteiger partial charge in [-0.15, -0.1) is 0 Å². The lowest BCUT2D eigenvalue weighted by molar-refractivity contribution is -0.132. The van der Waals surface area contributed by atoms with E-state index >= 15 is 0 Å². The molecule has 0 radical (unpaired) electrons. The number of amidine groups is 1. The molecule has 1 N–H and O–H groups in total. The molecule has 1 aliphatic rings. The summed E-state index contributed by atoms with van der Waals surface area (Å²) in [6.07, 6.45) is 0. The highest BCUT2D eigenvalue weighted by Gasteiger charge is 2.41. The number of aliphatic imine (C=N–C) groups is 1. The smallest absolute Gasteiger partial charge is 0.320 e. The zero-order valence-electron chi connectivity index (χ0n) is 15.1. The van der Waals surface area contributed by atoms with Crippen molar-refractivity contribution in [2.75, 3.05) is 6.61 Å². The highest BCUT2D eigenvalue weighted by Crippen LogP contribution is 2.40. The van der Waals surface area contributed by atoms with Crippen LogP contribution in [0, 0.1) is 5.82 Å². The van der Waals surface area contributed by atoms with Crippen molar-refractivity contribution >= 4 is 24.1 Å². The maximum Gasteiger partial charge on any atom is 0.320 e. The van der Waals surface area contributed by atoms with Crippen molar-refractivity contribution in [1.82, 2.24) is 5.48 Å². The first-order chi connectivity index (χ1) is 14.1. The number of halogens is 2. The summed E-state index contributed by atoms with van der Waals surface area (Å²) in [6, 6.07) is 21.4. The molecule has 0 spiro atoms. The molecule has 1 heterocycles. The maximum atomic E-state index is 14.7. The number of carbonyl (C=O) groups excluding carboxylic acids is 1. The first kappa shape index (κ1) is 19.0. The van der Waals surface area contributed by atoms with E-state index in [4.69, 9.17) is 16.3 Å². The molecular weight excluding hydrogens is 395 g/mol. The average molecular weight is 411 g/mol. The minimum atomic E-state index is -0.934. The van der Waals surface area contributed by atoms with E-state index in [0.717, 1.165) is 11.1 Å². The molecule has 5 nitrogen and oxygen atoms in total. The molecule has 1 aliphatic heterocycles. The fraction of sp³-hybridized carbons (Fsp3) is 0.0909. The van der Waals surface area contributed by atoms with E-state index in [0.29, 0.717) is 16.1 Å². The maximum absolute atomic E-state index is 14.7. The van der Waals surface area contributed by atoms with Gasteiger partial charge in [0, 0.05) is 10.6 Å². The lowest BCUT2D eigenvalue weighted by atomic mass is 9.83. The quantitative estimate of drug-likeness (QED) is 0.498. The molecular formula is C22H16ClFN2O3. The molecule has 4 rings (SSSR count). The second kappa shape index (κ2) is 7.93. The van der Waals surface area contributed by atoms with Gasteiger partial charge < -0.3 is 9.57 Å². The Balaban J connectivity index is 1.86. The van der Waals surface area contributed by atoms with Gasteiger partial charge in [-0.1, -0.05) is 60.1 Å². The van der Waals surface area contributed by atoms with Crippen LogP contribution in [0.4, 0.5) is 4.39 Å². The third-order valence-corrected chi connectivity index (χ3v) is 4.97. The number of ether oxygens (including phenoxy) is 1. The second-order valence-electron chi connectivity index (χ2n) is 6.45. The number of benzene rings is 3. The monoisotopic (exact) mass is 410 g/mol. The van der Waals surface area contributed by atoms with Crippen molar-refractivity contribution < 1.29 is 18.8 Å². The molecule has 1 unspecified atom stereocenters. The molecule has 0 saturated carbocycles. The summed E-state index contributed by atoms with van der Waals surface area (Å²) in [5.74, 6) is -0.371. The van der Waals surface area contributed by atoms with E-state index in [1.165, 1.54) is 6.07 Å². The minimum Gasteiger partial charge on any atom is -0.460 e. The first-order valence-electron chi connectivity index (χ1n) is 8.82. The zero-order valence-corrected chi connectivity index (χ0v) is 15.9. The van der Waals surface area contributed by atoms with E-state index in [2.05, 4.69) is 15.3 Å². The van der Waals surface area contributed by atoms with E-state index < -0.39 is 5.54 Å². The summed E-state index contributed by atoms with van der Waals surface area (Å²) in [4.78, 5) is 19.7. The Labute approximate surface area is 171 Å². The van der Waals surface area contributed by atoms with Gasteiger partial charge in [0.25, 0.3) is 0 Å². The summed E-state index contributed by atoms with van der Waals surface area (Å²) in [5, 5.41) is 0.518. The summed E-state index contributed by atoms with van der Waals surface area (Å²) in [6.45, 7) is 0.395. The van der Waals surface area contributed by atoms with Crippen molar-refractivity contribution in [2.24, 2.45) is 4.99 Å². The molecule has 29 heavy (non-hydrogen) atoms. The molecule has 1 atom stereocenters. The Morgan fingerprint density at radius 1 is 1.07 bits per heavy atom. The predicted molar refractivity (Wildman–Crippen MR) is 108 cm³/mol. The second-order valence-corrected chi connectivity index (χ2v) is 6.89. The largest absolute Gasteiger partial charge is 0.460 e. The van der Waals surface area contributed by atoms with Gasteiger partial charge in [-0.3, -0.25) is 4.79 Å². The molecule has 0 aliphatic carbocycles. The van der Waals surface area contributed by atoms with E-state index in [1.807, 2.05) is 30.3 Å². The Kier molecular flexibility index (Phi) is 5.18. The standard InChI is InChI=1S/C22H16ClFN2O3/c23-18-8-4-5-15(11-18)19-12-17(9-10-20(19)24)22(16-6-2-1-3-7-16)13-28-21(25-22)26-29-14-27/h1-12,14H,13H2,(H,25,26). The highest BCUT2D eigenvalue weighted by atomic mass is 35.5.